The van der Waals surface area contributed by atoms with Crippen LogP contribution in [0.5, 0.6) is 0 Å². The zero-order chi connectivity index (χ0) is 12.2. The number of amides is 1. The number of halogens is 1. The summed E-state index contributed by atoms with van der Waals surface area (Å²) >= 11 is 1.64. The number of rotatable bonds is 5. The van der Waals surface area contributed by atoms with E-state index in [2.05, 4.69) is 5.32 Å². The number of carbonyl (C=O) groups excluding carboxylic acids is 1. The van der Waals surface area contributed by atoms with Crippen molar-refractivity contribution < 1.29 is 4.79 Å². The lowest BCUT2D eigenvalue weighted by Gasteiger charge is -2.28. The summed E-state index contributed by atoms with van der Waals surface area (Å²) in [5.41, 5.74) is -0.420. The molecule has 0 atom stereocenters. The fourth-order valence-electron chi connectivity index (χ4n) is 1.60. The van der Waals surface area contributed by atoms with E-state index in [0.29, 0.717) is 0 Å². The number of carbonyl (C=O) groups is 1. The van der Waals surface area contributed by atoms with E-state index in [1.807, 2.05) is 45.5 Å². The predicted molar refractivity (Wildman–Crippen MR) is 76.2 cm³/mol. The average Bonchev–Trinajstić information content (AvgIpc) is 2.78. The molecule has 1 N–H and O–H groups in total. The second-order valence-electron chi connectivity index (χ2n) is 4.43. The van der Waals surface area contributed by atoms with E-state index >= 15 is 0 Å². The first-order chi connectivity index (χ1) is 7.50. The average molecular weight is 277 g/mol. The number of nitrogens with zero attached hydrogens (tertiary/aromatic N) is 1. The Morgan fingerprint density at radius 3 is 2.65 bits per heavy atom. The third-order valence-corrected chi connectivity index (χ3v) is 3.91. The highest BCUT2D eigenvalue weighted by atomic mass is 35.5. The molecule has 0 unspecified atom stereocenters. The van der Waals surface area contributed by atoms with Gasteiger partial charge >= 0.3 is 0 Å². The van der Waals surface area contributed by atoms with Crippen LogP contribution < -0.4 is 5.32 Å². The van der Waals surface area contributed by atoms with Crippen LogP contribution in [-0.2, 0) is 10.2 Å². The van der Waals surface area contributed by atoms with Crippen molar-refractivity contribution in [2.75, 3.05) is 27.2 Å². The van der Waals surface area contributed by atoms with Crippen LogP contribution in [-0.4, -0.2) is 38.0 Å². The molecule has 1 aromatic heterocycles. The maximum Gasteiger partial charge on any atom is 0.233 e. The molecule has 17 heavy (non-hydrogen) atoms. The van der Waals surface area contributed by atoms with E-state index < -0.39 is 5.41 Å². The van der Waals surface area contributed by atoms with Gasteiger partial charge in [-0.1, -0.05) is 6.07 Å². The van der Waals surface area contributed by atoms with Crippen LogP contribution in [0.2, 0.25) is 0 Å². The van der Waals surface area contributed by atoms with Crippen molar-refractivity contribution in [1.29, 1.82) is 0 Å². The summed E-state index contributed by atoms with van der Waals surface area (Å²) in [6.07, 6.45) is 0. The van der Waals surface area contributed by atoms with Gasteiger partial charge in [0.15, 0.2) is 0 Å². The highest BCUT2D eigenvalue weighted by Crippen LogP contribution is 2.29. The van der Waals surface area contributed by atoms with E-state index in [4.69, 9.17) is 0 Å². The molecule has 0 aromatic carbocycles. The van der Waals surface area contributed by atoms with Gasteiger partial charge in [-0.15, -0.1) is 23.7 Å². The fraction of sp³-hybridized carbons (Fsp3) is 0.583. The quantitative estimate of drug-likeness (QED) is 0.894. The summed E-state index contributed by atoms with van der Waals surface area (Å²) in [5, 5.41) is 5.06. The van der Waals surface area contributed by atoms with Gasteiger partial charge in [0.25, 0.3) is 0 Å². The lowest BCUT2D eigenvalue weighted by Crippen LogP contribution is -2.43. The maximum atomic E-state index is 12.3. The maximum absolute atomic E-state index is 12.3. The van der Waals surface area contributed by atoms with Crippen molar-refractivity contribution in [2.45, 2.75) is 19.3 Å². The lowest BCUT2D eigenvalue weighted by atomic mass is 9.90. The molecule has 1 rings (SSSR count). The Hall–Kier alpha value is -0.580. The molecule has 0 aliphatic rings. The minimum atomic E-state index is -0.420. The Balaban J connectivity index is 0.00000256. The standard InChI is InChI=1S/C12H20N2OS.ClH/c1-12(2,10-6-5-9-16-10)11(15)14(4)8-7-13-3;/h5-6,9,13H,7-8H2,1-4H3;1H. The largest absolute Gasteiger partial charge is 0.344 e. The zero-order valence-corrected chi connectivity index (χ0v) is 12.5. The zero-order valence-electron chi connectivity index (χ0n) is 10.8. The van der Waals surface area contributed by atoms with Crippen LogP contribution in [0.1, 0.15) is 18.7 Å². The molecule has 0 bridgehead atoms. The Bertz CT molecular complexity index is 338. The number of thiophene rings is 1. The topological polar surface area (TPSA) is 32.3 Å². The summed E-state index contributed by atoms with van der Waals surface area (Å²) in [6, 6.07) is 4.01. The molecule has 0 spiro atoms. The van der Waals surface area contributed by atoms with E-state index in [0.717, 1.165) is 18.0 Å². The number of likely N-dealkylation sites (N-methyl/N-ethyl adjacent to an activating group) is 2. The first kappa shape index (κ1) is 16.4. The van der Waals surface area contributed by atoms with Gasteiger partial charge in [-0.25, -0.2) is 0 Å². The van der Waals surface area contributed by atoms with Crippen molar-refractivity contribution in [2.24, 2.45) is 0 Å². The Morgan fingerprint density at radius 2 is 2.18 bits per heavy atom. The molecule has 5 heteroatoms. The molecule has 0 saturated heterocycles. The Kier molecular flexibility index (Phi) is 6.75. The van der Waals surface area contributed by atoms with Crippen LogP contribution in [0.3, 0.4) is 0 Å². The Morgan fingerprint density at radius 1 is 1.53 bits per heavy atom. The molecule has 0 radical (unpaired) electrons. The predicted octanol–water partition coefficient (Wildman–Crippen LogP) is 2.13. The van der Waals surface area contributed by atoms with Gasteiger partial charge in [0.1, 0.15) is 0 Å². The van der Waals surface area contributed by atoms with Gasteiger partial charge in [0.05, 0.1) is 5.41 Å². The number of hydrogen-bond donors (Lipinski definition) is 1. The summed E-state index contributed by atoms with van der Waals surface area (Å²) in [4.78, 5) is 15.2. The van der Waals surface area contributed by atoms with Gasteiger partial charge < -0.3 is 10.2 Å². The van der Waals surface area contributed by atoms with Crippen molar-refractivity contribution in [3.63, 3.8) is 0 Å². The smallest absolute Gasteiger partial charge is 0.233 e. The van der Waals surface area contributed by atoms with Crippen molar-refractivity contribution in [3.8, 4) is 0 Å². The molecule has 3 nitrogen and oxygen atoms in total. The molecule has 0 saturated carbocycles. The second kappa shape index (κ2) is 6.99. The van der Waals surface area contributed by atoms with Gasteiger partial charge in [0.2, 0.25) is 5.91 Å². The van der Waals surface area contributed by atoms with Gasteiger partial charge in [0, 0.05) is 25.0 Å². The number of nitrogens with one attached hydrogen (secondary N) is 1. The molecular formula is C12H21ClN2OS. The second-order valence-corrected chi connectivity index (χ2v) is 5.38. The van der Waals surface area contributed by atoms with Crippen LogP contribution in [0, 0.1) is 0 Å². The lowest BCUT2D eigenvalue weighted by molar-refractivity contribution is -0.134. The monoisotopic (exact) mass is 276 g/mol. The van der Waals surface area contributed by atoms with Crippen molar-refractivity contribution in [1.82, 2.24) is 10.2 Å². The van der Waals surface area contributed by atoms with Gasteiger partial charge in [-0.2, -0.15) is 0 Å². The summed E-state index contributed by atoms with van der Waals surface area (Å²) in [5.74, 6) is 0.171. The minimum absolute atomic E-state index is 0. The van der Waals surface area contributed by atoms with Crippen LogP contribution >= 0.6 is 23.7 Å². The minimum Gasteiger partial charge on any atom is -0.344 e. The molecule has 1 amide bonds. The molecule has 0 aliphatic heterocycles. The van der Waals surface area contributed by atoms with E-state index in [9.17, 15) is 4.79 Å². The van der Waals surface area contributed by atoms with E-state index in [1.54, 1.807) is 16.2 Å². The fourth-order valence-corrected chi connectivity index (χ4v) is 2.44. The molecule has 0 aliphatic carbocycles. The summed E-state index contributed by atoms with van der Waals surface area (Å²) in [7, 11) is 3.75. The van der Waals surface area contributed by atoms with Crippen LogP contribution in [0.4, 0.5) is 0 Å². The first-order valence-electron chi connectivity index (χ1n) is 5.44. The van der Waals surface area contributed by atoms with Crippen molar-refractivity contribution in [3.05, 3.63) is 22.4 Å². The number of hydrogen-bond acceptors (Lipinski definition) is 3. The molecule has 1 heterocycles. The van der Waals surface area contributed by atoms with E-state index in [1.165, 1.54) is 0 Å². The highest BCUT2D eigenvalue weighted by molar-refractivity contribution is 7.10. The van der Waals surface area contributed by atoms with Gasteiger partial charge in [-0.3, -0.25) is 4.79 Å². The van der Waals surface area contributed by atoms with E-state index in [-0.39, 0.29) is 18.3 Å². The molecule has 0 fully saturated rings. The molecule has 1 aromatic rings. The molecular weight excluding hydrogens is 256 g/mol. The summed E-state index contributed by atoms with van der Waals surface area (Å²) in [6.45, 7) is 5.53. The SMILES string of the molecule is CNCCN(C)C(=O)C(C)(C)c1cccs1.Cl. The normalized spacial score (nSPS) is 10.8. The highest BCUT2D eigenvalue weighted by Gasteiger charge is 2.32. The van der Waals surface area contributed by atoms with Crippen LogP contribution in [0.25, 0.3) is 0 Å². The third-order valence-electron chi connectivity index (χ3n) is 2.72. The Labute approximate surface area is 114 Å². The van der Waals surface area contributed by atoms with Gasteiger partial charge in [-0.05, 0) is 32.3 Å². The van der Waals surface area contributed by atoms with Crippen molar-refractivity contribution >= 4 is 29.7 Å². The van der Waals surface area contributed by atoms with Crippen LogP contribution in [0.15, 0.2) is 17.5 Å². The third kappa shape index (κ3) is 3.98. The first-order valence-corrected chi connectivity index (χ1v) is 6.32. The summed E-state index contributed by atoms with van der Waals surface area (Å²) < 4.78 is 0. The molecule has 98 valence electrons.